The van der Waals surface area contributed by atoms with Gasteiger partial charge in [-0.25, -0.2) is 8.42 Å². The zero-order chi connectivity index (χ0) is 15.1. The molecule has 0 aromatic carbocycles. The van der Waals surface area contributed by atoms with Gasteiger partial charge in [-0.15, -0.1) is 11.3 Å². The molecule has 0 radical (unpaired) electrons. The molecule has 0 aliphatic carbocycles. The van der Waals surface area contributed by atoms with Gasteiger partial charge in [0.1, 0.15) is 4.90 Å². The quantitative estimate of drug-likeness (QED) is 0.766. The Kier molecular flexibility index (Phi) is 5.32. The Balaban J connectivity index is 2.34. The lowest BCUT2D eigenvalue weighted by Crippen LogP contribution is -2.41. The molecule has 0 saturated carbocycles. The smallest absolute Gasteiger partial charge is 0.245 e. The Hall–Kier alpha value is 0.490. The van der Waals surface area contributed by atoms with Crippen molar-refractivity contribution in [3.63, 3.8) is 0 Å². The number of rotatable bonds is 4. The molecule has 5 nitrogen and oxygen atoms in total. The second-order valence-electron chi connectivity index (χ2n) is 5.07. The van der Waals surface area contributed by atoms with E-state index in [1.165, 1.54) is 15.6 Å². The maximum atomic E-state index is 12.8. The van der Waals surface area contributed by atoms with E-state index in [0.717, 1.165) is 3.79 Å². The molecule has 1 aromatic rings. The molecule has 1 N–H and O–H groups in total. The standard InChI is InChI=1S/C11H16Br2N2O3S2/c1-14(2)5-7-3-8(16)6-15(7)20(17,18)9-4-10(12)19-11(9)13/h4,7-8,16H,3,5-6H2,1-2H3. The number of hydrogen-bond acceptors (Lipinski definition) is 5. The SMILES string of the molecule is CN(C)CC1CC(O)CN1S(=O)(=O)c1cc(Br)sc1Br. The van der Waals surface area contributed by atoms with Gasteiger partial charge in [0.2, 0.25) is 10.0 Å². The van der Waals surface area contributed by atoms with E-state index in [9.17, 15) is 13.5 Å². The van der Waals surface area contributed by atoms with Crippen molar-refractivity contribution in [1.82, 2.24) is 9.21 Å². The van der Waals surface area contributed by atoms with E-state index in [0.29, 0.717) is 16.8 Å². The number of aliphatic hydroxyl groups excluding tert-OH is 1. The average molecular weight is 448 g/mol. The third kappa shape index (κ3) is 3.45. The summed E-state index contributed by atoms with van der Waals surface area (Å²) in [5.74, 6) is 0. The van der Waals surface area contributed by atoms with Gasteiger partial charge in [0.15, 0.2) is 0 Å². The monoisotopic (exact) mass is 446 g/mol. The largest absolute Gasteiger partial charge is 0.392 e. The minimum atomic E-state index is -3.60. The normalized spacial score (nSPS) is 24.7. The number of hydrogen-bond donors (Lipinski definition) is 1. The minimum Gasteiger partial charge on any atom is -0.392 e. The molecule has 1 fully saturated rings. The van der Waals surface area contributed by atoms with Crippen molar-refractivity contribution in [2.75, 3.05) is 27.2 Å². The highest BCUT2D eigenvalue weighted by Gasteiger charge is 2.40. The fourth-order valence-corrected chi connectivity index (χ4v) is 7.80. The van der Waals surface area contributed by atoms with Gasteiger partial charge in [-0.3, -0.25) is 0 Å². The van der Waals surface area contributed by atoms with Crippen LogP contribution in [0.1, 0.15) is 6.42 Å². The number of nitrogens with zero attached hydrogens (tertiary/aromatic N) is 2. The van der Waals surface area contributed by atoms with Crippen LogP contribution in [0.4, 0.5) is 0 Å². The molecule has 9 heteroatoms. The molecule has 1 aliphatic heterocycles. The second-order valence-corrected chi connectivity index (χ2v) is 10.7. The minimum absolute atomic E-state index is 0.154. The first-order chi connectivity index (χ1) is 9.21. The first-order valence-corrected chi connectivity index (χ1v) is 9.85. The lowest BCUT2D eigenvalue weighted by Gasteiger charge is -2.25. The Morgan fingerprint density at radius 1 is 1.50 bits per heavy atom. The highest BCUT2D eigenvalue weighted by Crippen LogP contribution is 2.38. The maximum Gasteiger partial charge on any atom is 0.245 e. The van der Waals surface area contributed by atoms with E-state index in [2.05, 4.69) is 31.9 Å². The van der Waals surface area contributed by atoms with Crippen molar-refractivity contribution in [1.29, 1.82) is 0 Å². The van der Waals surface area contributed by atoms with Crippen LogP contribution in [-0.2, 0) is 10.0 Å². The highest BCUT2D eigenvalue weighted by molar-refractivity contribution is 9.12. The molecule has 2 heterocycles. The second kappa shape index (κ2) is 6.31. The Morgan fingerprint density at radius 2 is 2.15 bits per heavy atom. The van der Waals surface area contributed by atoms with Gasteiger partial charge in [0, 0.05) is 19.1 Å². The van der Waals surface area contributed by atoms with Crippen LogP contribution >= 0.6 is 43.2 Å². The van der Waals surface area contributed by atoms with Crippen molar-refractivity contribution >= 4 is 53.2 Å². The van der Waals surface area contributed by atoms with Crippen molar-refractivity contribution in [2.24, 2.45) is 0 Å². The Labute approximate surface area is 139 Å². The Bertz CT molecular complexity index is 588. The van der Waals surface area contributed by atoms with Crippen molar-refractivity contribution in [2.45, 2.75) is 23.5 Å². The van der Waals surface area contributed by atoms with E-state index < -0.39 is 16.1 Å². The third-order valence-electron chi connectivity index (χ3n) is 3.13. The fourth-order valence-electron chi connectivity index (χ4n) is 2.37. The molecule has 114 valence electrons. The number of β-amino-alcohol motifs (C(OH)–C–C–N with tert-alkyl or cyclic N) is 1. The summed E-state index contributed by atoms with van der Waals surface area (Å²) >= 11 is 7.92. The molecule has 0 amide bonds. The van der Waals surface area contributed by atoms with E-state index in [4.69, 9.17) is 0 Å². The molecule has 1 aromatic heterocycles. The van der Waals surface area contributed by atoms with Gasteiger partial charge in [-0.05, 0) is 58.4 Å². The van der Waals surface area contributed by atoms with Crippen molar-refractivity contribution in [3.8, 4) is 0 Å². The van der Waals surface area contributed by atoms with Gasteiger partial charge in [0.25, 0.3) is 0 Å². The highest BCUT2D eigenvalue weighted by atomic mass is 79.9. The number of halogens is 2. The zero-order valence-corrected chi connectivity index (χ0v) is 15.9. The van der Waals surface area contributed by atoms with Crippen LogP contribution in [0, 0.1) is 0 Å². The number of aliphatic hydroxyl groups is 1. The third-order valence-corrected chi connectivity index (χ3v) is 7.80. The van der Waals surface area contributed by atoms with E-state index in [1.807, 2.05) is 19.0 Å². The van der Waals surface area contributed by atoms with Gasteiger partial charge >= 0.3 is 0 Å². The molecular weight excluding hydrogens is 432 g/mol. The van der Waals surface area contributed by atoms with Crippen LogP contribution in [0.5, 0.6) is 0 Å². The summed E-state index contributed by atoms with van der Waals surface area (Å²) in [6, 6.07) is 1.40. The molecule has 1 aliphatic rings. The number of sulfonamides is 1. The first kappa shape index (κ1) is 16.9. The van der Waals surface area contributed by atoms with Gasteiger partial charge < -0.3 is 10.0 Å². The van der Waals surface area contributed by atoms with Crippen LogP contribution in [-0.4, -0.2) is 62.1 Å². The summed E-state index contributed by atoms with van der Waals surface area (Å²) in [5.41, 5.74) is 0. The van der Waals surface area contributed by atoms with Crippen LogP contribution in [0.2, 0.25) is 0 Å². The predicted octanol–water partition coefficient (Wildman–Crippen LogP) is 1.96. The van der Waals surface area contributed by atoms with E-state index in [-0.39, 0.29) is 17.5 Å². The molecule has 2 unspecified atom stereocenters. The van der Waals surface area contributed by atoms with Crippen molar-refractivity contribution in [3.05, 3.63) is 13.6 Å². The predicted molar refractivity (Wildman–Crippen MR) is 86.6 cm³/mol. The lowest BCUT2D eigenvalue weighted by atomic mass is 10.2. The molecule has 2 atom stereocenters. The van der Waals surface area contributed by atoms with Crippen LogP contribution in [0.25, 0.3) is 0 Å². The van der Waals surface area contributed by atoms with E-state index >= 15 is 0 Å². The topological polar surface area (TPSA) is 60.9 Å². The Morgan fingerprint density at radius 3 is 2.65 bits per heavy atom. The fraction of sp³-hybridized carbons (Fsp3) is 0.636. The van der Waals surface area contributed by atoms with Crippen LogP contribution in [0.15, 0.2) is 18.5 Å². The average Bonchev–Trinajstić information content (AvgIpc) is 2.81. The summed E-state index contributed by atoms with van der Waals surface area (Å²) in [4.78, 5) is 2.19. The molecule has 20 heavy (non-hydrogen) atoms. The number of likely N-dealkylation sites (N-methyl/N-ethyl adjacent to an activating group) is 1. The summed E-state index contributed by atoms with van der Waals surface area (Å²) in [5, 5.41) is 9.82. The summed E-state index contributed by atoms with van der Waals surface area (Å²) < 4.78 is 28.3. The molecule has 2 rings (SSSR count). The van der Waals surface area contributed by atoms with E-state index in [1.54, 1.807) is 6.07 Å². The van der Waals surface area contributed by atoms with Crippen LogP contribution in [0.3, 0.4) is 0 Å². The summed E-state index contributed by atoms with van der Waals surface area (Å²) in [6.45, 7) is 0.750. The molecular formula is C11H16Br2N2O3S2. The summed E-state index contributed by atoms with van der Waals surface area (Å²) in [7, 11) is 0.195. The first-order valence-electron chi connectivity index (χ1n) is 6.01. The summed E-state index contributed by atoms with van der Waals surface area (Å²) in [6.07, 6.45) is -0.129. The molecule has 0 spiro atoms. The van der Waals surface area contributed by atoms with Gasteiger partial charge in [0.05, 0.1) is 13.7 Å². The maximum absolute atomic E-state index is 12.8. The van der Waals surface area contributed by atoms with Crippen LogP contribution < -0.4 is 0 Å². The molecule has 1 saturated heterocycles. The van der Waals surface area contributed by atoms with Gasteiger partial charge in [-0.1, -0.05) is 0 Å². The molecule has 0 bridgehead atoms. The van der Waals surface area contributed by atoms with Gasteiger partial charge in [-0.2, -0.15) is 4.31 Å². The lowest BCUT2D eigenvalue weighted by molar-refractivity contribution is 0.188. The zero-order valence-electron chi connectivity index (χ0n) is 11.1. The van der Waals surface area contributed by atoms with Crippen molar-refractivity contribution < 1.29 is 13.5 Å². The number of thiophene rings is 1.